The Morgan fingerprint density at radius 3 is 2.69 bits per heavy atom. The Labute approximate surface area is 172 Å². The van der Waals surface area contributed by atoms with Crippen LogP contribution in [0.2, 0.25) is 0 Å². The number of carbonyl (C=O) groups excluding carboxylic acids is 1. The minimum atomic E-state index is -0.228. The number of hydrogen-bond donors (Lipinski definition) is 1. The quantitative estimate of drug-likeness (QED) is 0.689. The SMILES string of the molecule is COc1ccc(/C=C2\C[C@H]3[C@H]4CCc5cc(O)ccc5[C@@H]4CC[C@@]3(C)C2=O)cc1. The lowest BCUT2D eigenvalue weighted by atomic mass is 9.55. The van der Waals surface area contributed by atoms with Crippen LogP contribution in [0.15, 0.2) is 48.0 Å². The highest BCUT2D eigenvalue weighted by molar-refractivity contribution is 6.06. The van der Waals surface area contributed by atoms with Gasteiger partial charge in [-0.25, -0.2) is 0 Å². The highest BCUT2D eigenvalue weighted by atomic mass is 16.5. The lowest BCUT2D eigenvalue weighted by Gasteiger charge is -2.48. The Morgan fingerprint density at radius 1 is 1.14 bits per heavy atom. The molecule has 0 spiro atoms. The predicted octanol–water partition coefficient (Wildman–Crippen LogP) is 5.52. The van der Waals surface area contributed by atoms with Gasteiger partial charge in [0.25, 0.3) is 0 Å². The van der Waals surface area contributed by atoms with Gasteiger partial charge in [-0.2, -0.15) is 0 Å². The van der Waals surface area contributed by atoms with E-state index in [1.54, 1.807) is 7.11 Å². The first kappa shape index (κ1) is 18.5. The number of methoxy groups -OCH3 is 1. The molecule has 5 rings (SSSR count). The maximum absolute atomic E-state index is 13.4. The zero-order valence-electron chi connectivity index (χ0n) is 17.2. The molecule has 0 bridgehead atoms. The highest BCUT2D eigenvalue weighted by Gasteiger charge is 2.56. The van der Waals surface area contributed by atoms with Crippen LogP contribution in [-0.2, 0) is 11.2 Å². The minimum absolute atomic E-state index is 0.228. The van der Waals surface area contributed by atoms with Crippen molar-refractivity contribution in [1.82, 2.24) is 0 Å². The fourth-order valence-electron chi connectivity index (χ4n) is 6.27. The zero-order chi connectivity index (χ0) is 20.2. The third-order valence-corrected chi connectivity index (χ3v) is 7.81. The number of benzene rings is 2. The fraction of sp³-hybridized carbons (Fsp3) is 0.423. The summed E-state index contributed by atoms with van der Waals surface area (Å²) in [4.78, 5) is 13.4. The standard InChI is InChI=1S/C26H28O3/c1-26-12-11-22-21-10-6-19(27)14-17(21)5-9-23(22)24(26)15-18(25(26)28)13-16-3-7-20(29-2)8-4-16/h3-4,6-8,10,13-14,22-24,27H,5,9,11-12,15H2,1-2H3/b18-13+/t22-,23-,24-,26+/m0/s1. The van der Waals surface area contributed by atoms with Crippen LogP contribution in [0.3, 0.4) is 0 Å². The van der Waals surface area contributed by atoms with Gasteiger partial charge in [0.1, 0.15) is 11.5 Å². The van der Waals surface area contributed by atoms with Crippen molar-refractivity contribution in [1.29, 1.82) is 0 Å². The van der Waals surface area contributed by atoms with Gasteiger partial charge in [-0.1, -0.05) is 25.1 Å². The lowest BCUT2D eigenvalue weighted by molar-refractivity contribution is -0.127. The molecule has 3 heteroatoms. The third kappa shape index (κ3) is 2.90. The molecule has 0 radical (unpaired) electrons. The molecule has 2 saturated carbocycles. The molecule has 2 fully saturated rings. The van der Waals surface area contributed by atoms with E-state index in [1.807, 2.05) is 36.4 Å². The van der Waals surface area contributed by atoms with E-state index in [2.05, 4.69) is 19.1 Å². The van der Waals surface area contributed by atoms with Crippen molar-refractivity contribution in [2.45, 2.75) is 44.9 Å². The van der Waals surface area contributed by atoms with Crippen molar-refractivity contribution in [3.05, 3.63) is 64.7 Å². The van der Waals surface area contributed by atoms with Gasteiger partial charge in [-0.15, -0.1) is 0 Å². The van der Waals surface area contributed by atoms with Crippen molar-refractivity contribution in [2.75, 3.05) is 7.11 Å². The van der Waals surface area contributed by atoms with E-state index in [0.717, 1.165) is 49.0 Å². The number of Topliss-reactive ketones (excluding diaryl/α,β-unsaturated/α-hetero) is 1. The summed E-state index contributed by atoms with van der Waals surface area (Å²) in [6, 6.07) is 13.8. The van der Waals surface area contributed by atoms with Gasteiger partial charge in [0.05, 0.1) is 7.11 Å². The second-order valence-corrected chi connectivity index (χ2v) is 9.23. The summed E-state index contributed by atoms with van der Waals surface area (Å²) in [6.07, 6.45) is 7.12. The van der Waals surface area contributed by atoms with Crippen molar-refractivity contribution >= 4 is 11.9 Å². The van der Waals surface area contributed by atoms with Gasteiger partial charge < -0.3 is 9.84 Å². The zero-order valence-corrected chi connectivity index (χ0v) is 17.2. The summed E-state index contributed by atoms with van der Waals surface area (Å²) in [6.45, 7) is 2.21. The van der Waals surface area contributed by atoms with Crippen molar-refractivity contribution in [2.24, 2.45) is 17.3 Å². The molecule has 3 aliphatic rings. The Balaban J connectivity index is 1.46. The van der Waals surface area contributed by atoms with Crippen LogP contribution >= 0.6 is 0 Å². The topological polar surface area (TPSA) is 46.5 Å². The monoisotopic (exact) mass is 388 g/mol. The van der Waals surface area contributed by atoms with Gasteiger partial charge in [0, 0.05) is 5.41 Å². The van der Waals surface area contributed by atoms with E-state index in [9.17, 15) is 9.90 Å². The number of aromatic hydroxyl groups is 1. The van der Waals surface area contributed by atoms with Crippen LogP contribution < -0.4 is 4.74 Å². The first-order chi connectivity index (χ1) is 14.0. The van der Waals surface area contributed by atoms with Gasteiger partial charge in [0.2, 0.25) is 0 Å². The van der Waals surface area contributed by atoms with E-state index in [0.29, 0.717) is 29.3 Å². The number of phenolic OH excluding ortho intramolecular Hbond substituents is 1. The molecule has 4 atom stereocenters. The average molecular weight is 389 g/mol. The molecule has 1 N–H and O–H groups in total. The van der Waals surface area contributed by atoms with Crippen molar-refractivity contribution in [3.63, 3.8) is 0 Å². The molecule has 2 aromatic rings. The van der Waals surface area contributed by atoms with Crippen LogP contribution in [0.1, 0.15) is 55.2 Å². The van der Waals surface area contributed by atoms with Crippen LogP contribution in [0.25, 0.3) is 6.08 Å². The molecular formula is C26H28O3. The number of rotatable bonds is 2. The second kappa shape index (κ2) is 6.76. The molecule has 0 saturated heterocycles. The number of allylic oxidation sites excluding steroid dienone is 1. The molecule has 150 valence electrons. The maximum atomic E-state index is 13.4. The van der Waals surface area contributed by atoms with Crippen LogP contribution in [0.5, 0.6) is 11.5 Å². The lowest BCUT2D eigenvalue weighted by Crippen LogP contribution is -2.42. The predicted molar refractivity (Wildman–Crippen MR) is 114 cm³/mol. The van der Waals surface area contributed by atoms with Gasteiger partial charge in [-0.3, -0.25) is 4.79 Å². The second-order valence-electron chi connectivity index (χ2n) is 9.23. The number of aryl methyl sites for hydroxylation is 1. The number of ether oxygens (including phenoxy) is 1. The van der Waals surface area contributed by atoms with Gasteiger partial charge in [0.15, 0.2) is 5.78 Å². The van der Waals surface area contributed by atoms with E-state index in [-0.39, 0.29) is 5.41 Å². The molecule has 2 aromatic carbocycles. The minimum Gasteiger partial charge on any atom is -0.508 e. The van der Waals surface area contributed by atoms with E-state index in [1.165, 1.54) is 11.1 Å². The van der Waals surface area contributed by atoms with Crippen LogP contribution in [0, 0.1) is 17.3 Å². The first-order valence-corrected chi connectivity index (χ1v) is 10.7. The number of phenols is 1. The highest BCUT2D eigenvalue weighted by Crippen LogP contribution is 2.60. The van der Waals surface area contributed by atoms with E-state index in [4.69, 9.17) is 4.74 Å². The normalized spacial score (nSPS) is 31.9. The maximum Gasteiger partial charge on any atom is 0.165 e. The summed E-state index contributed by atoms with van der Waals surface area (Å²) in [5, 5.41) is 9.86. The molecule has 29 heavy (non-hydrogen) atoms. The summed E-state index contributed by atoms with van der Waals surface area (Å²) < 4.78 is 5.25. The molecule has 3 nitrogen and oxygen atoms in total. The fourth-order valence-corrected chi connectivity index (χ4v) is 6.27. The molecule has 0 heterocycles. The molecule has 0 aromatic heterocycles. The number of ketones is 1. The third-order valence-electron chi connectivity index (χ3n) is 7.81. The van der Waals surface area contributed by atoms with Crippen LogP contribution in [-0.4, -0.2) is 18.0 Å². The number of fused-ring (bicyclic) bond motifs is 5. The Morgan fingerprint density at radius 2 is 1.93 bits per heavy atom. The summed E-state index contributed by atoms with van der Waals surface area (Å²) in [5.41, 5.74) is 4.53. The van der Waals surface area contributed by atoms with Gasteiger partial charge in [-0.05, 0) is 102 Å². The summed E-state index contributed by atoms with van der Waals surface area (Å²) in [5.74, 6) is 3.04. The molecule has 3 aliphatic carbocycles. The largest absolute Gasteiger partial charge is 0.508 e. The average Bonchev–Trinajstić information content (AvgIpc) is 2.99. The van der Waals surface area contributed by atoms with E-state index >= 15 is 0 Å². The smallest absolute Gasteiger partial charge is 0.165 e. The molecule has 0 amide bonds. The first-order valence-electron chi connectivity index (χ1n) is 10.7. The molecular weight excluding hydrogens is 360 g/mol. The van der Waals surface area contributed by atoms with Crippen molar-refractivity contribution in [3.8, 4) is 11.5 Å². The molecule has 0 unspecified atom stereocenters. The van der Waals surface area contributed by atoms with E-state index < -0.39 is 0 Å². The number of hydrogen-bond acceptors (Lipinski definition) is 3. The Kier molecular flexibility index (Phi) is 4.31. The summed E-state index contributed by atoms with van der Waals surface area (Å²) in [7, 11) is 1.67. The van der Waals surface area contributed by atoms with Crippen LogP contribution in [0.4, 0.5) is 0 Å². The van der Waals surface area contributed by atoms with Gasteiger partial charge >= 0.3 is 0 Å². The molecule has 0 aliphatic heterocycles. The van der Waals surface area contributed by atoms with Crippen molar-refractivity contribution < 1.29 is 14.6 Å². The Hall–Kier alpha value is -2.55. The number of carbonyl (C=O) groups is 1. The Bertz CT molecular complexity index is 988. The summed E-state index contributed by atoms with van der Waals surface area (Å²) >= 11 is 0.